The number of aliphatic hydroxyl groups is 1. The highest BCUT2D eigenvalue weighted by Gasteiger charge is 2.44. The molecule has 6 heteroatoms. The highest BCUT2D eigenvalue weighted by atomic mass is 16.8. The van der Waals surface area contributed by atoms with E-state index >= 15 is 0 Å². The maximum atomic E-state index is 9.13. The summed E-state index contributed by atoms with van der Waals surface area (Å²) in [4.78, 5) is 2.68. The van der Waals surface area contributed by atoms with Gasteiger partial charge in [-0.1, -0.05) is 11.0 Å². The van der Waals surface area contributed by atoms with Gasteiger partial charge in [-0.2, -0.15) is 0 Å². The van der Waals surface area contributed by atoms with Crippen molar-refractivity contribution in [3.63, 3.8) is 0 Å². The summed E-state index contributed by atoms with van der Waals surface area (Å²) in [5.74, 6) is 4.78. The van der Waals surface area contributed by atoms with Crippen molar-refractivity contribution in [2.45, 2.75) is 44.8 Å². The smallest absolute Gasteiger partial charge is 0.165 e. The lowest BCUT2D eigenvalue weighted by Gasteiger charge is -2.19. The molecule has 98 valence electrons. The Morgan fingerprint density at radius 2 is 2.31 bits per heavy atom. The molecule has 0 spiro atoms. The molecule has 0 unspecified atom stereocenters. The van der Waals surface area contributed by atoms with E-state index in [2.05, 4.69) is 21.9 Å². The van der Waals surface area contributed by atoms with Crippen LogP contribution in [0, 0.1) is 11.8 Å². The standard InChI is InChI=1S/C10H15N3O3.5H2/c1-4-5-8-9(7(6-14)12-13-11)16-10(2,3)15-8;;;;;/h7-9,14H,6H2,1-3H3;5*1H/t7-,8+,9-;;;;;/m0...../s1. The molecule has 0 saturated carbocycles. The first-order chi connectivity index (χ1) is 7.54. The van der Waals surface area contributed by atoms with E-state index in [0.29, 0.717) is 0 Å². The average Bonchev–Trinajstić information content (AvgIpc) is 2.51. The van der Waals surface area contributed by atoms with Gasteiger partial charge in [0.25, 0.3) is 0 Å². The maximum absolute atomic E-state index is 9.13. The molecule has 0 aliphatic carbocycles. The van der Waals surface area contributed by atoms with Gasteiger partial charge in [0.1, 0.15) is 12.2 Å². The number of rotatable bonds is 3. The van der Waals surface area contributed by atoms with E-state index in [1.165, 1.54) is 0 Å². The van der Waals surface area contributed by atoms with E-state index in [4.69, 9.17) is 20.1 Å². The lowest BCUT2D eigenvalue weighted by Crippen LogP contribution is -2.35. The number of azide groups is 1. The van der Waals surface area contributed by atoms with E-state index in [-0.39, 0.29) is 13.7 Å². The van der Waals surface area contributed by atoms with Crippen molar-refractivity contribution < 1.29 is 21.7 Å². The third-order valence-corrected chi connectivity index (χ3v) is 2.18. The molecule has 0 radical (unpaired) electrons. The zero-order chi connectivity index (χ0) is 12.2. The van der Waals surface area contributed by atoms with Crippen molar-refractivity contribution in [1.82, 2.24) is 0 Å². The van der Waals surface area contributed by atoms with Crippen LogP contribution in [0.25, 0.3) is 10.4 Å². The van der Waals surface area contributed by atoms with Crippen molar-refractivity contribution >= 4 is 0 Å². The summed E-state index contributed by atoms with van der Waals surface area (Å²) >= 11 is 0. The molecule has 1 saturated heterocycles. The molecule has 1 rings (SSSR count). The summed E-state index contributed by atoms with van der Waals surface area (Å²) in [7, 11) is 0. The van der Waals surface area contributed by atoms with Gasteiger partial charge in [-0.3, -0.25) is 0 Å². The first-order valence-corrected chi connectivity index (χ1v) is 4.97. The highest BCUT2D eigenvalue weighted by molar-refractivity contribution is 5.10. The monoisotopic (exact) mass is 235 g/mol. The molecule has 16 heavy (non-hydrogen) atoms. The molecule has 0 bridgehead atoms. The summed E-state index contributed by atoms with van der Waals surface area (Å²) in [6.07, 6.45) is -1.02. The van der Waals surface area contributed by atoms with Crippen LogP contribution in [0.5, 0.6) is 0 Å². The average molecular weight is 235 g/mol. The molecule has 1 aliphatic heterocycles. The Morgan fingerprint density at radius 1 is 1.62 bits per heavy atom. The van der Waals surface area contributed by atoms with Gasteiger partial charge in [0.15, 0.2) is 5.79 Å². The second-order valence-electron chi connectivity index (χ2n) is 3.87. The van der Waals surface area contributed by atoms with Crippen molar-refractivity contribution in [2.75, 3.05) is 6.61 Å². The second-order valence-corrected chi connectivity index (χ2v) is 3.87. The summed E-state index contributed by atoms with van der Waals surface area (Å²) in [5, 5.41) is 12.6. The minimum atomic E-state index is -0.780. The van der Waals surface area contributed by atoms with Crippen LogP contribution in [0.2, 0.25) is 0 Å². The minimum absolute atomic E-state index is 0. The van der Waals surface area contributed by atoms with Crippen molar-refractivity contribution in [2.24, 2.45) is 5.11 Å². The topological polar surface area (TPSA) is 87.5 Å². The molecular formula is C10H25N3O3. The normalized spacial score (nSPS) is 28.8. The van der Waals surface area contributed by atoms with Crippen molar-refractivity contribution in [1.29, 1.82) is 0 Å². The molecule has 6 nitrogen and oxygen atoms in total. The Kier molecular flexibility index (Phi) is 4.16. The number of nitrogens with zero attached hydrogens (tertiary/aromatic N) is 3. The molecule has 0 aromatic carbocycles. The molecule has 1 heterocycles. The van der Waals surface area contributed by atoms with E-state index in [1.54, 1.807) is 20.8 Å². The fourth-order valence-corrected chi connectivity index (χ4v) is 1.60. The zero-order valence-electron chi connectivity index (χ0n) is 9.54. The first-order valence-electron chi connectivity index (χ1n) is 4.97. The van der Waals surface area contributed by atoms with Gasteiger partial charge in [0.2, 0.25) is 0 Å². The van der Waals surface area contributed by atoms with Gasteiger partial charge in [0, 0.05) is 12.0 Å². The lowest BCUT2D eigenvalue weighted by atomic mass is 10.1. The van der Waals surface area contributed by atoms with Crippen LogP contribution >= 0.6 is 0 Å². The Morgan fingerprint density at radius 3 is 2.81 bits per heavy atom. The zero-order valence-corrected chi connectivity index (χ0v) is 9.54. The van der Waals surface area contributed by atoms with Crippen molar-refractivity contribution in [3.05, 3.63) is 10.4 Å². The molecule has 0 aromatic heterocycles. The summed E-state index contributed by atoms with van der Waals surface area (Å²) in [5.41, 5.74) is 8.39. The Labute approximate surface area is 102 Å². The molecule has 1 aliphatic rings. The Balaban J connectivity index is -0.000000171. The van der Waals surface area contributed by atoms with Crippen LogP contribution in [-0.2, 0) is 9.47 Å². The molecule has 0 aromatic rings. The van der Waals surface area contributed by atoms with Crippen LogP contribution < -0.4 is 0 Å². The predicted octanol–water partition coefficient (Wildman–Crippen LogP) is 2.43. The lowest BCUT2D eigenvalue weighted by molar-refractivity contribution is -0.145. The maximum Gasteiger partial charge on any atom is 0.165 e. The molecular weight excluding hydrogens is 210 g/mol. The van der Waals surface area contributed by atoms with Crippen LogP contribution in [0.4, 0.5) is 0 Å². The Bertz CT molecular complexity index is 369. The largest absolute Gasteiger partial charge is 0.396 e. The van der Waals surface area contributed by atoms with E-state index < -0.39 is 24.0 Å². The molecule has 1 fully saturated rings. The fourth-order valence-electron chi connectivity index (χ4n) is 1.60. The first kappa shape index (κ1) is 12.8. The second kappa shape index (κ2) is 5.19. The molecule has 3 atom stereocenters. The third kappa shape index (κ3) is 2.87. The van der Waals surface area contributed by atoms with Gasteiger partial charge < -0.3 is 14.6 Å². The van der Waals surface area contributed by atoms with Crippen LogP contribution in [0.3, 0.4) is 0 Å². The third-order valence-electron chi connectivity index (χ3n) is 2.18. The Hall–Kier alpha value is -1.25. The van der Waals surface area contributed by atoms with Crippen LogP contribution in [0.15, 0.2) is 5.11 Å². The van der Waals surface area contributed by atoms with Crippen LogP contribution in [-0.4, -0.2) is 35.8 Å². The van der Waals surface area contributed by atoms with Gasteiger partial charge in [-0.25, -0.2) is 0 Å². The SMILES string of the molecule is CC#C[C@H]1OC(C)(C)O[C@H]1[C@H](CO)N=[N+]=[N-].[HH].[HH].[HH].[HH].[HH]. The molecule has 1 N–H and O–H groups in total. The fraction of sp³-hybridized carbons (Fsp3) is 0.800. The summed E-state index contributed by atoms with van der Waals surface area (Å²) in [6, 6.07) is -0.683. The molecule has 0 amide bonds. The van der Waals surface area contributed by atoms with E-state index in [0.717, 1.165) is 0 Å². The number of hydrogen-bond acceptors (Lipinski definition) is 4. The van der Waals surface area contributed by atoms with Gasteiger partial charge in [-0.15, -0.1) is 5.92 Å². The number of aliphatic hydroxyl groups excluding tert-OH is 1. The van der Waals surface area contributed by atoms with Crippen LogP contribution in [0.1, 0.15) is 27.9 Å². The van der Waals surface area contributed by atoms with Gasteiger partial charge >= 0.3 is 0 Å². The van der Waals surface area contributed by atoms with Gasteiger partial charge in [0.05, 0.1) is 12.6 Å². The van der Waals surface area contributed by atoms with E-state index in [9.17, 15) is 0 Å². The quantitative estimate of drug-likeness (QED) is 0.352. The summed E-state index contributed by atoms with van der Waals surface area (Å²) in [6.45, 7) is 4.90. The summed E-state index contributed by atoms with van der Waals surface area (Å²) < 4.78 is 11.1. The van der Waals surface area contributed by atoms with Gasteiger partial charge in [-0.05, 0) is 26.3 Å². The highest BCUT2D eigenvalue weighted by Crippen LogP contribution is 2.30. The predicted molar refractivity (Wildman–Crippen MR) is 67.9 cm³/mol. The minimum Gasteiger partial charge on any atom is -0.396 e. The van der Waals surface area contributed by atoms with Crippen molar-refractivity contribution in [3.8, 4) is 11.8 Å². The number of hydrogen-bond donors (Lipinski definition) is 1. The number of ether oxygens (including phenoxy) is 2. The van der Waals surface area contributed by atoms with E-state index in [1.807, 2.05) is 0 Å².